The van der Waals surface area contributed by atoms with E-state index in [-0.39, 0.29) is 18.5 Å². The van der Waals surface area contributed by atoms with Gasteiger partial charge in [0.15, 0.2) is 5.82 Å². The third-order valence-corrected chi connectivity index (χ3v) is 1.76. The number of hydrogen-bond acceptors (Lipinski definition) is 4. The van der Waals surface area contributed by atoms with Gasteiger partial charge in [-0.2, -0.15) is 0 Å². The standard InChI is InChI=1S/C8H14N6O2/c1-9-7(15)5-14-4-6(11-12-14)10-8(16)13(2)3/h4H,5H2,1-3H3,(H,9,15)(H,10,16). The van der Waals surface area contributed by atoms with Gasteiger partial charge in [-0.3, -0.25) is 10.1 Å². The van der Waals surface area contributed by atoms with Crippen LogP contribution in [0.4, 0.5) is 10.6 Å². The summed E-state index contributed by atoms with van der Waals surface area (Å²) in [6.45, 7) is 0.0708. The van der Waals surface area contributed by atoms with E-state index in [1.807, 2.05) is 0 Å². The summed E-state index contributed by atoms with van der Waals surface area (Å²) in [5.41, 5.74) is 0. The van der Waals surface area contributed by atoms with Crippen LogP contribution in [0.3, 0.4) is 0 Å². The zero-order chi connectivity index (χ0) is 12.1. The van der Waals surface area contributed by atoms with Gasteiger partial charge >= 0.3 is 6.03 Å². The van der Waals surface area contributed by atoms with Crippen molar-refractivity contribution in [3.8, 4) is 0 Å². The van der Waals surface area contributed by atoms with Crippen molar-refractivity contribution >= 4 is 17.8 Å². The van der Waals surface area contributed by atoms with Crippen molar-refractivity contribution in [2.24, 2.45) is 0 Å². The minimum absolute atomic E-state index is 0.0708. The second kappa shape index (κ2) is 5.10. The second-order valence-electron chi connectivity index (χ2n) is 3.30. The number of nitrogens with one attached hydrogen (secondary N) is 2. The Hall–Kier alpha value is -2.12. The summed E-state index contributed by atoms with van der Waals surface area (Å²) in [6, 6.07) is -0.299. The normalized spacial score (nSPS) is 9.69. The van der Waals surface area contributed by atoms with Crippen molar-refractivity contribution in [1.29, 1.82) is 0 Å². The molecule has 0 aromatic carbocycles. The molecule has 16 heavy (non-hydrogen) atoms. The Kier molecular flexibility index (Phi) is 3.81. The van der Waals surface area contributed by atoms with E-state index in [1.54, 1.807) is 14.1 Å². The number of urea groups is 1. The summed E-state index contributed by atoms with van der Waals surface area (Å²) in [7, 11) is 4.77. The van der Waals surface area contributed by atoms with Gasteiger partial charge in [-0.1, -0.05) is 5.21 Å². The van der Waals surface area contributed by atoms with Gasteiger partial charge in [0, 0.05) is 21.1 Å². The lowest BCUT2D eigenvalue weighted by molar-refractivity contribution is -0.121. The molecule has 3 amide bonds. The van der Waals surface area contributed by atoms with Crippen molar-refractivity contribution in [3.63, 3.8) is 0 Å². The molecule has 2 N–H and O–H groups in total. The molecule has 8 nitrogen and oxygen atoms in total. The maximum atomic E-state index is 11.3. The average Bonchev–Trinajstić information content (AvgIpc) is 2.65. The smallest absolute Gasteiger partial charge is 0.322 e. The highest BCUT2D eigenvalue weighted by Crippen LogP contribution is 2.00. The number of anilines is 1. The largest absolute Gasteiger partial charge is 0.358 e. The fourth-order valence-corrected chi connectivity index (χ4v) is 0.881. The van der Waals surface area contributed by atoms with Crippen LogP contribution >= 0.6 is 0 Å². The van der Waals surface area contributed by atoms with Crippen molar-refractivity contribution in [3.05, 3.63) is 6.20 Å². The van der Waals surface area contributed by atoms with Gasteiger partial charge in [0.05, 0.1) is 6.20 Å². The molecule has 0 aliphatic rings. The number of amides is 3. The lowest BCUT2D eigenvalue weighted by atomic mass is 10.6. The zero-order valence-electron chi connectivity index (χ0n) is 9.39. The van der Waals surface area contributed by atoms with E-state index < -0.39 is 0 Å². The first-order valence-corrected chi connectivity index (χ1v) is 4.62. The highest BCUT2D eigenvalue weighted by molar-refractivity contribution is 5.87. The Morgan fingerprint density at radius 2 is 2.19 bits per heavy atom. The Morgan fingerprint density at radius 3 is 2.75 bits per heavy atom. The fraction of sp³-hybridized carbons (Fsp3) is 0.500. The Balaban J connectivity index is 2.58. The molecule has 0 radical (unpaired) electrons. The van der Waals surface area contributed by atoms with Gasteiger partial charge in [-0.25, -0.2) is 9.48 Å². The second-order valence-corrected chi connectivity index (χ2v) is 3.30. The first-order valence-electron chi connectivity index (χ1n) is 4.62. The van der Waals surface area contributed by atoms with E-state index in [0.29, 0.717) is 5.82 Å². The van der Waals surface area contributed by atoms with E-state index in [1.165, 1.54) is 22.8 Å². The average molecular weight is 226 g/mol. The molecule has 0 spiro atoms. The van der Waals surface area contributed by atoms with Crippen LogP contribution in [-0.2, 0) is 11.3 Å². The minimum Gasteiger partial charge on any atom is -0.358 e. The number of carbonyl (C=O) groups is 2. The molecule has 1 rings (SSSR count). The highest BCUT2D eigenvalue weighted by atomic mass is 16.2. The fourth-order valence-electron chi connectivity index (χ4n) is 0.881. The summed E-state index contributed by atoms with van der Waals surface area (Å²) in [5, 5.41) is 12.4. The van der Waals surface area contributed by atoms with Crippen LogP contribution in [0.1, 0.15) is 0 Å². The summed E-state index contributed by atoms with van der Waals surface area (Å²) >= 11 is 0. The van der Waals surface area contributed by atoms with E-state index in [4.69, 9.17) is 0 Å². The first kappa shape index (κ1) is 12.0. The molecule has 8 heteroatoms. The first-order chi connectivity index (χ1) is 7.52. The number of carbonyl (C=O) groups excluding carboxylic acids is 2. The molecule has 1 aromatic rings. The SMILES string of the molecule is CNC(=O)Cn1cc(NC(=O)N(C)C)nn1. The summed E-state index contributed by atoms with van der Waals surface area (Å²) in [4.78, 5) is 23.7. The Bertz CT molecular complexity index is 386. The van der Waals surface area contributed by atoms with Crippen LogP contribution in [0, 0.1) is 0 Å². The van der Waals surface area contributed by atoms with Crippen LogP contribution in [0.25, 0.3) is 0 Å². The monoisotopic (exact) mass is 226 g/mol. The molecule has 0 saturated heterocycles. The summed E-state index contributed by atoms with van der Waals surface area (Å²) in [6.07, 6.45) is 1.48. The minimum atomic E-state index is -0.299. The van der Waals surface area contributed by atoms with Crippen molar-refractivity contribution in [2.75, 3.05) is 26.5 Å². The number of nitrogens with zero attached hydrogens (tertiary/aromatic N) is 4. The van der Waals surface area contributed by atoms with E-state index in [2.05, 4.69) is 20.9 Å². The quantitative estimate of drug-likeness (QED) is 0.700. The zero-order valence-corrected chi connectivity index (χ0v) is 9.39. The van der Waals surface area contributed by atoms with Crippen molar-refractivity contribution in [1.82, 2.24) is 25.2 Å². The number of hydrogen-bond donors (Lipinski definition) is 2. The summed E-state index contributed by atoms with van der Waals surface area (Å²) < 4.78 is 1.34. The molecule has 0 unspecified atom stereocenters. The number of rotatable bonds is 3. The van der Waals surface area contributed by atoms with Crippen LogP contribution in [-0.4, -0.2) is 53.0 Å². The molecule has 0 aliphatic heterocycles. The number of likely N-dealkylation sites (N-methyl/N-ethyl adjacent to an activating group) is 1. The molecule has 0 fully saturated rings. The lowest BCUT2D eigenvalue weighted by Crippen LogP contribution is -2.27. The predicted octanol–water partition coefficient (Wildman–Crippen LogP) is -0.882. The molecular weight excluding hydrogens is 212 g/mol. The molecule has 0 bridgehead atoms. The molecule has 1 heterocycles. The van der Waals surface area contributed by atoms with Crippen LogP contribution < -0.4 is 10.6 Å². The van der Waals surface area contributed by atoms with E-state index >= 15 is 0 Å². The molecular formula is C8H14N6O2. The van der Waals surface area contributed by atoms with Gasteiger partial charge in [0.1, 0.15) is 6.54 Å². The van der Waals surface area contributed by atoms with Gasteiger partial charge < -0.3 is 10.2 Å². The topological polar surface area (TPSA) is 92.2 Å². The Labute approximate surface area is 92.6 Å². The molecule has 88 valence electrons. The van der Waals surface area contributed by atoms with Gasteiger partial charge in [-0.05, 0) is 0 Å². The predicted molar refractivity (Wildman–Crippen MR) is 56.8 cm³/mol. The number of aromatic nitrogens is 3. The maximum absolute atomic E-state index is 11.3. The third kappa shape index (κ3) is 3.23. The maximum Gasteiger partial charge on any atom is 0.322 e. The lowest BCUT2D eigenvalue weighted by Gasteiger charge is -2.08. The van der Waals surface area contributed by atoms with Crippen molar-refractivity contribution < 1.29 is 9.59 Å². The van der Waals surface area contributed by atoms with E-state index in [9.17, 15) is 9.59 Å². The molecule has 1 aromatic heterocycles. The molecule has 0 saturated carbocycles. The van der Waals surface area contributed by atoms with Gasteiger partial charge in [0.25, 0.3) is 0 Å². The highest BCUT2D eigenvalue weighted by Gasteiger charge is 2.08. The molecule has 0 aliphatic carbocycles. The Morgan fingerprint density at radius 1 is 1.50 bits per heavy atom. The molecule has 0 atom stereocenters. The van der Waals surface area contributed by atoms with Crippen molar-refractivity contribution in [2.45, 2.75) is 6.54 Å². The van der Waals surface area contributed by atoms with Gasteiger partial charge in [0.2, 0.25) is 5.91 Å². The van der Waals surface area contributed by atoms with Crippen LogP contribution in [0.15, 0.2) is 6.20 Å². The third-order valence-electron chi connectivity index (χ3n) is 1.76. The van der Waals surface area contributed by atoms with Crippen LogP contribution in [0.5, 0.6) is 0 Å². The summed E-state index contributed by atoms with van der Waals surface area (Å²) in [5.74, 6) is 0.123. The van der Waals surface area contributed by atoms with Crippen LogP contribution in [0.2, 0.25) is 0 Å². The van der Waals surface area contributed by atoms with Gasteiger partial charge in [-0.15, -0.1) is 5.10 Å². The van der Waals surface area contributed by atoms with E-state index in [0.717, 1.165) is 0 Å².